The number of nitrogens with one attached hydrogen (secondary N) is 1. The number of ether oxygens (including phenoxy) is 4. The second-order valence-corrected chi connectivity index (χ2v) is 16.7. The number of aliphatic hydroxyl groups excluding tert-OH is 2. The molecule has 10 atom stereocenters. The van der Waals surface area contributed by atoms with E-state index < -0.39 is 87.4 Å². The third kappa shape index (κ3) is 7.43. The van der Waals surface area contributed by atoms with Crippen LogP contribution in [0.3, 0.4) is 0 Å². The van der Waals surface area contributed by atoms with Crippen molar-refractivity contribution in [3.8, 4) is 11.5 Å². The van der Waals surface area contributed by atoms with Crippen molar-refractivity contribution in [1.82, 2.24) is 15.2 Å². The Morgan fingerprint density at radius 1 is 0.931 bits per heavy atom. The van der Waals surface area contributed by atoms with Crippen molar-refractivity contribution in [2.75, 3.05) is 40.3 Å². The average Bonchev–Trinajstić information content (AvgIpc) is 3.46. The number of carbonyl (C=O) groups excluding carboxylic acids is 4. The maximum absolute atomic E-state index is 14.6. The Bertz CT molecular complexity index is 2030. The molecular formula is C43H56N4O11. The van der Waals surface area contributed by atoms with Gasteiger partial charge < -0.3 is 44.5 Å². The number of hydrogen-bond acceptors (Lipinski definition) is 14. The molecule has 15 nitrogen and oxygen atoms in total. The monoisotopic (exact) mass is 804 g/mol. The summed E-state index contributed by atoms with van der Waals surface area (Å²) in [4.78, 5) is 59.3. The number of likely N-dealkylation sites (N-methyl/N-ethyl adjacent to an activating group) is 1. The quantitative estimate of drug-likeness (QED) is 0.325. The fourth-order valence-electron chi connectivity index (χ4n) is 8.42. The molecule has 7 heterocycles. The Labute approximate surface area is 339 Å². The standard InChI is InChI=1S/C43H56N4O11/c1-21-12-11-14-42(7)26(6)38(57-42)24(4)34(49)23(3)33(48)22(2)28(55-10)13-19-56-43(8)40(53)31-29-30(35(50)25(5)39(31)58-43)37(52)32(45-41(21)54)27(36(29)51)20-44-47-17-15-46(9)16-18-47/h11-14,19-20,22-24,26,28,33-34,38,48-50H,15-18H2,1-10H3,(H,45,54). The number of benzene rings is 1. The topological polar surface area (TPSA) is 197 Å². The number of methoxy groups -OCH3 is 1. The Balaban J connectivity index is 1.46. The van der Waals surface area contributed by atoms with Gasteiger partial charge >= 0.3 is 5.79 Å². The number of phenolic OH excluding ortho intramolecular Hbond substituents is 1. The molecule has 9 rings (SSSR count). The number of phenols is 1. The first-order valence-electron chi connectivity index (χ1n) is 19.8. The number of allylic oxidation sites excluding steroid dienone is 4. The number of rotatable bonds is 3. The number of carbonyl (C=O) groups is 4. The minimum atomic E-state index is -2.05. The molecule has 1 amide bonds. The van der Waals surface area contributed by atoms with E-state index in [4.69, 9.17) is 18.9 Å². The molecule has 2 saturated heterocycles. The van der Waals surface area contributed by atoms with Crippen molar-refractivity contribution in [3.05, 3.63) is 69.7 Å². The first kappa shape index (κ1) is 42.9. The lowest BCUT2D eigenvalue weighted by atomic mass is 9.70. The number of ketones is 3. The molecule has 4 N–H and O–H groups in total. The fraction of sp³-hybridized carbons (Fsp3) is 0.558. The van der Waals surface area contributed by atoms with E-state index in [0.717, 1.165) is 0 Å². The van der Waals surface area contributed by atoms with E-state index in [-0.39, 0.29) is 46.0 Å². The Morgan fingerprint density at radius 2 is 1.59 bits per heavy atom. The van der Waals surface area contributed by atoms with Crippen LogP contribution in [0.5, 0.6) is 11.5 Å². The highest BCUT2D eigenvalue weighted by molar-refractivity contribution is 6.37. The van der Waals surface area contributed by atoms with E-state index in [2.05, 4.69) is 15.3 Å². The van der Waals surface area contributed by atoms with Crippen molar-refractivity contribution in [3.63, 3.8) is 0 Å². The summed E-state index contributed by atoms with van der Waals surface area (Å²) in [5, 5.41) is 43.3. The minimum Gasteiger partial charge on any atom is -0.507 e. The van der Waals surface area contributed by atoms with Crippen LogP contribution >= 0.6 is 0 Å². The molecule has 7 bridgehead atoms. The van der Waals surface area contributed by atoms with Gasteiger partial charge in [-0.05, 0) is 33.9 Å². The van der Waals surface area contributed by atoms with Crippen LogP contribution in [0.15, 0.2) is 52.5 Å². The Morgan fingerprint density at radius 3 is 2.22 bits per heavy atom. The summed E-state index contributed by atoms with van der Waals surface area (Å²) in [6, 6.07) is 0. The third-order valence-electron chi connectivity index (χ3n) is 12.8. The lowest BCUT2D eigenvalue weighted by Crippen LogP contribution is -2.60. The van der Waals surface area contributed by atoms with Gasteiger partial charge in [-0.3, -0.25) is 24.2 Å². The molecule has 58 heavy (non-hydrogen) atoms. The molecular weight excluding hydrogens is 748 g/mol. The summed E-state index contributed by atoms with van der Waals surface area (Å²) in [6.07, 6.45) is 5.94. The molecule has 314 valence electrons. The first-order chi connectivity index (χ1) is 27.3. The van der Waals surface area contributed by atoms with E-state index >= 15 is 0 Å². The van der Waals surface area contributed by atoms with Crippen LogP contribution in [-0.4, -0.2) is 131 Å². The maximum atomic E-state index is 14.6. The van der Waals surface area contributed by atoms with Crippen LogP contribution in [0, 0.1) is 30.6 Å². The van der Waals surface area contributed by atoms with Gasteiger partial charge in [-0.15, -0.1) is 0 Å². The lowest BCUT2D eigenvalue weighted by molar-refractivity contribution is -0.251. The number of piperazine rings is 1. The van der Waals surface area contributed by atoms with Crippen LogP contribution in [0.2, 0.25) is 0 Å². The number of aromatic hydroxyl groups is 1. The van der Waals surface area contributed by atoms with Crippen molar-refractivity contribution in [1.29, 1.82) is 0 Å². The van der Waals surface area contributed by atoms with Gasteiger partial charge in [-0.2, -0.15) is 5.10 Å². The largest absolute Gasteiger partial charge is 0.507 e. The van der Waals surface area contributed by atoms with Crippen LogP contribution in [0.25, 0.3) is 0 Å². The van der Waals surface area contributed by atoms with Gasteiger partial charge in [-0.25, -0.2) is 0 Å². The zero-order valence-corrected chi connectivity index (χ0v) is 34.9. The maximum Gasteiger partial charge on any atom is 0.312 e. The van der Waals surface area contributed by atoms with Gasteiger partial charge in [0.05, 0.1) is 64.8 Å². The molecule has 8 aliphatic rings. The van der Waals surface area contributed by atoms with Crippen molar-refractivity contribution in [2.24, 2.45) is 28.8 Å². The summed E-state index contributed by atoms with van der Waals surface area (Å²) >= 11 is 0. The van der Waals surface area contributed by atoms with E-state index in [1.165, 1.54) is 39.5 Å². The third-order valence-corrected chi connectivity index (χ3v) is 12.8. The normalized spacial score (nSPS) is 35.1. The highest BCUT2D eigenvalue weighted by Crippen LogP contribution is 2.49. The molecule has 1 aromatic carbocycles. The average molecular weight is 805 g/mol. The predicted octanol–water partition coefficient (Wildman–Crippen LogP) is 3.46. The minimum absolute atomic E-state index is 0.0129. The number of aliphatic hydroxyl groups is 2. The van der Waals surface area contributed by atoms with Gasteiger partial charge in [0.15, 0.2) is 5.78 Å². The first-order valence-corrected chi connectivity index (χ1v) is 19.8. The molecule has 10 unspecified atom stereocenters. The van der Waals surface area contributed by atoms with Crippen LogP contribution in [0.4, 0.5) is 0 Å². The zero-order chi connectivity index (χ0) is 42.6. The van der Waals surface area contributed by atoms with Gasteiger partial charge in [0.25, 0.3) is 11.7 Å². The van der Waals surface area contributed by atoms with E-state index in [1.807, 2.05) is 33.9 Å². The van der Waals surface area contributed by atoms with Crippen LogP contribution in [0.1, 0.15) is 85.1 Å². The van der Waals surface area contributed by atoms with Crippen molar-refractivity contribution in [2.45, 2.75) is 91.2 Å². The second kappa shape index (κ2) is 16.2. The smallest absolute Gasteiger partial charge is 0.312 e. The summed E-state index contributed by atoms with van der Waals surface area (Å²) in [5.41, 5.74) is -2.30. The molecule has 1 aliphatic carbocycles. The fourth-order valence-corrected chi connectivity index (χ4v) is 8.42. The van der Waals surface area contributed by atoms with E-state index in [1.54, 1.807) is 37.9 Å². The number of Topliss-reactive ketones (excluding diaryl/α,β-unsaturated/α-hetero) is 3. The zero-order valence-electron chi connectivity index (χ0n) is 34.9. The number of hydrazone groups is 1. The van der Waals surface area contributed by atoms with E-state index in [9.17, 15) is 34.5 Å². The summed E-state index contributed by atoms with van der Waals surface area (Å²) in [7, 11) is 3.44. The predicted molar refractivity (Wildman–Crippen MR) is 213 cm³/mol. The highest BCUT2D eigenvalue weighted by Gasteiger charge is 2.54. The highest BCUT2D eigenvalue weighted by atomic mass is 16.7. The van der Waals surface area contributed by atoms with Crippen molar-refractivity contribution >= 4 is 29.5 Å². The molecule has 0 aromatic heterocycles. The van der Waals surface area contributed by atoms with Gasteiger partial charge in [0.1, 0.15) is 17.2 Å². The van der Waals surface area contributed by atoms with Crippen LogP contribution < -0.4 is 10.1 Å². The van der Waals surface area contributed by atoms with Gasteiger partial charge in [0.2, 0.25) is 5.78 Å². The lowest BCUT2D eigenvalue weighted by Gasteiger charge is -2.54. The summed E-state index contributed by atoms with van der Waals surface area (Å²) < 4.78 is 24.0. The summed E-state index contributed by atoms with van der Waals surface area (Å²) in [5.74, 6) is -7.51. The molecule has 15 heteroatoms. The summed E-state index contributed by atoms with van der Waals surface area (Å²) in [6.45, 7) is 16.2. The molecule has 2 fully saturated rings. The van der Waals surface area contributed by atoms with Crippen LogP contribution in [-0.2, 0) is 19.0 Å². The molecule has 0 saturated carbocycles. The number of amides is 1. The SMILES string of the molecule is COC1C=COC2(C)Oc3c(C)c(O)c4c(c3C2=O)C(=O)C(C=NN2CCN(C)CC2)=C(NC(=O)C(C)=CC=CC2(C)OC(C(C)C(O)C(C)C(O)C1C)C2C)C4=O. The molecule has 1 aromatic rings. The number of hydrogen-bond donors (Lipinski definition) is 4. The second-order valence-electron chi connectivity index (χ2n) is 16.7. The van der Waals surface area contributed by atoms with Gasteiger partial charge in [0, 0.05) is 75.0 Å². The Hall–Kier alpha value is -4.67. The number of nitrogens with zero attached hydrogens (tertiary/aromatic N) is 3. The Kier molecular flexibility index (Phi) is 12.0. The van der Waals surface area contributed by atoms with Crippen molar-refractivity contribution < 1.29 is 53.4 Å². The molecule has 0 spiro atoms. The van der Waals surface area contributed by atoms with Gasteiger partial charge in [-0.1, -0.05) is 45.9 Å². The van der Waals surface area contributed by atoms with E-state index in [0.29, 0.717) is 26.2 Å². The molecule has 7 aliphatic heterocycles. The molecule has 0 radical (unpaired) electrons.